The quantitative estimate of drug-likeness (QED) is 0.707. The van der Waals surface area contributed by atoms with E-state index in [0.717, 1.165) is 38.5 Å². The van der Waals surface area contributed by atoms with E-state index in [4.69, 9.17) is 16.3 Å². The lowest BCUT2D eigenvalue weighted by atomic mass is 10.1. The maximum Gasteiger partial charge on any atom is 0.272 e. The Labute approximate surface area is 162 Å². The van der Waals surface area contributed by atoms with Gasteiger partial charge in [0.25, 0.3) is 5.56 Å². The van der Waals surface area contributed by atoms with Crippen LogP contribution in [0.15, 0.2) is 47.3 Å². The molecule has 140 valence electrons. The summed E-state index contributed by atoms with van der Waals surface area (Å²) in [6, 6.07) is 14.0. The number of hydrogen-bond acceptors (Lipinski definition) is 5. The highest BCUT2D eigenvalue weighted by molar-refractivity contribution is 6.34. The second kappa shape index (κ2) is 8.08. The van der Waals surface area contributed by atoms with Gasteiger partial charge in [0.2, 0.25) is 0 Å². The number of halogens is 1. The van der Waals surface area contributed by atoms with Crippen molar-refractivity contribution in [1.82, 2.24) is 15.1 Å². The van der Waals surface area contributed by atoms with Gasteiger partial charge in [-0.2, -0.15) is 5.10 Å². The molecule has 7 heteroatoms. The second-order valence-electron chi connectivity index (χ2n) is 6.61. The van der Waals surface area contributed by atoms with Gasteiger partial charge in [0.05, 0.1) is 18.6 Å². The number of morpholine rings is 1. The molecule has 2 aromatic carbocycles. The molecular formula is C20H21ClN4O2. The summed E-state index contributed by atoms with van der Waals surface area (Å²) in [5.74, 6) is 0. The predicted molar refractivity (Wildman–Crippen MR) is 107 cm³/mol. The van der Waals surface area contributed by atoms with Crippen LogP contribution in [0, 0.1) is 0 Å². The summed E-state index contributed by atoms with van der Waals surface area (Å²) >= 11 is 6.13. The summed E-state index contributed by atoms with van der Waals surface area (Å²) in [5, 5.41) is 11.1. The molecule has 2 N–H and O–H groups in total. The van der Waals surface area contributed by atoms with Crippen LogP contribution in [0.25, 0.3) is 10.8 Å². The van der Waals surface area contributed by atoms with Gasteiger partial charge in [-0.25, -0.2) is 5.10 Å². The molecule has 6 nitrogen and oxygen atoms in total. The zero-order chi connectivity index (χ0) is 18.6. The van der Waals surface area contributed by atoms with Crippen LogP contribution in [-0.2, 0) is 17.8 Å². The summed E-state index contributed by atoms with van der Waals surface area (Å²) in [5.41, 5.74) is 3.22. The Bertz CT molecular complexity index is 999. The van der Waals surface area contributed by atoms with Crippen LogP contribution in [0.3, 0.4) is 0 Å². The Balaban J connectivity index is 1.51. The van der Waals surface area contributed by atoms with Crippen LogP contribution in [0.2, 0.25) is 5.15 Å². The van der Waals surface area contributed by atoms with Crippen LogP contribution < -0.4 is 10.9 Å². The van der Waals surface area contributed by atoms with Gasteiger partial charge in [0, 0.05) is 37.3 Å². The molecule has 1 aliphatic heterocycles. The molecule has 0 atom stereocenters. The van der Waals surface area contributed by atoms with Crippen LogP contribution in [0.1, 0.15) is 11.1 Å². The second-order valence-corrected chi connectivity index (χ2v) is 6.97. The standard InChI is InChI=1S/C20H21ClN4O2/c21-19-18-11-16(5-6-17(18)20(26)24-23-19)22-12-14-3-1-2-4-15(14)13-25-7-9-27-10-8-25/h1-6,11,22H,7-10,12-13H2,(H,24,26). The van der Waals surface area contributed by atoms with Crippen molar-refractivity contribution in [2.24, 2.45) is 0 Å². The zero-order valence-corrected chi connectivity index (χ0v) is 15.6. The average molecular weight is 385 g/mol. The van der Waals surface area contributed by atoms with Crippen LogP contribution in [-0.4, -0.2) is 41.4 Å². The molecule has 0 saturated carbocycles. The highest BCUT2D eigenvalue weighted by atomic mass is 35.5. The molecule has 0 amide bonds. The normalized spacial score (nSPS) is 15.1. The molecule has 4 rings (SSSR count). The smallest absolute Gasteiger partial charge is 0.272 e. The molecule has 0 aliphatic carbocycles. The fourth-order valence-electron chi connectivity index (χ4n) is 3.32. The number of hydrogen-bond donors (Lipinski definition) is 2. The first-order valence-corrected chi connectivity index (χ1v) is 9.37. The molecular weight excluding hydrogens is 364 g/mol. The van der Waals surface area contributed by atoms with E-state index < -0.39 is 0 Å². The van der Waals surface area contributed by atoms with Crippen molar-refractivity contribution in [3.05, 3.63) is 69.1 Å². The van der Waals surface area contributed by atoms with Crippen molar-refractivity contribution in [3.63, 3.8) is 0 Å². The lowest BCUT2D eigenvalue weighted by Gasteiger charge is -2.27. The highest BCUT2D eigenvalue weighted by Crippen LogP contribution is 2.22. The van der Waals surface area contributed by atoms with Crippen molar-refractivity contribution >= 4 is 28.1 Å². The van der Waals surface area contributed by atoms with E-state index in [0.29, 0.717) is 22.5 Å². The Morgan fingerprint density at radius 3 is 2.70 bits per heavy atom. The van der Waals surface area contributed by atoms with Crippen molar-refractivity contribution in [2.45, 2.75) is 13.1 Å². The monoisotopic (exact) mass is 384 g/mol. The number of nitrogens with zero attached hydrogens (tertiary/aromatic N) is 2. The fourth-order valence-corrected chi connectivity index (χ4v) is 3.52. The minimum atomic E-state index is -0.239. The Morgan fingerprint density at radius 2 is 1.89 bits per heavy atom. The summed E-state index contributed by atoms with van der Waals surface area (Å²) in [7, 11) is 0. The number of fused-ring (bicyclic) bond motifs is 1. The topological polar surface area (TPSA) is 70.2 Å². The SMILES string of the molecule is O=c1[nH]nc(Cl)c2cc(NCc3ccccc3CN3CCOCC3)ccc12. The van der Waals surface area contributed by atoms with Gasteiger partial charge < -0.3 is 10.1 Å². The number of benzene rings is 2. The van der Waals surface area contributed by atoms with Gasteiger partial charge in [0.15, 0.2) is 5.15 Å². The zero-order valence-electron chi connectivity index (χ0n) is 14.9. The Hall–Kier alpha value is -2.41. The lowest BCUT2D eigenvalue weighted by Crippen LogP contribution is -2.35. The van der Waals surface area contributed by atoms with Crippen molar-refractivity contribution in [2.75, 3.05) is 31.6 Å². The number of rotatable bonds is 5. The maximum atomic E-state index is 11.8. The first-order chi connectivity index (χ1) is 13.2. The van der Waals surface area contributed by atoms with Crippen LogP contribution >= 0.6 is 11.6 Å². The molecule has 3 aromatic rings. The third kappa shape index (κ3) is 4.13. The minimum absolute atomic E-state index is 0.239. The van der Waals surface area contributed by atoms with Gasteiger partial charge in [0.1, 0.15) is 0 Å². The molecule has 0 spiro atoms. The summed E-state index contributed by atoms with van der Waals surface area (Å²) in [6.45, 7) is 5.14. The van der Waals surface area contributed by atoms with E-state index >= 15 is 0 Å². The number of H-pyrrole nitrogens is 1. The molecule has 0 unspecified atom stereocenters. The molecule has 1 saturated heterocycles. The number of nitrogens with one attached hydrogen (secondary N) is 2. The van der Waals surface area contributed by atoms with E-state index in [9.17, 15) is 4.79 Å². The van der Waals surface area contributed by atoms with Crippen LogP contribution in [0.4, 0.5) is 5.69 Å². The van der Waals surface area contributed by atoms with Gasteiger partial charge in [-0.05, 0) is 29.3 Å². The third-order valence-corrected chi connectivity index (χ3v) is 5.13. The third-order valence-electron chi connectivity index (χ3n) is 4.84. The van der Waals surface area contributed by atoms with Gasteiger partial charge >= 0.3 is 0 Å². The average Bonchev–Trinajstić information content (AvgIpc) is 2.71. The molecule has 27 heavy (non-hydrogen) atoms. The largest absolute Gasteiger partial charge is 0.381 e. The Kier molecular flexibility index (Phi) is 5.38. The van der Waals surface area contributed by atoms with E-state index in [2.05, 4.69) is 44.7 Å². The summed E-state index contributed by atoms with van der Waals surface area (Å²) in [6.07, 6.45) is 0. The number of aromatic nitrogens is 2. The fraction of sp³-hybridized carbons (Fsp3) is 0.300. The molecule has 0 radical (unpaired) electrons. The summed E-state index contributed by atoms with van der Waals surface area (Å²) < 4.78 is 5.43. The summed E-state index contributed by atoms with van der Waals surface area (Å²) in [4.78, 5) is 14.3. The van der Waals surface area contributed by atoms with Crippen molar-refractivity contribution in [1.29, 1.82) is 0 Å². The van der Waals surface area contributed by atoms with Crippen molar-refractivity contribution in [3.8, 4) is 0 Å². The predicted octanol–water partition coefficient (Wildman–Crippen LogP) is 3.02. The van der Waals surface area contributed by atoms with Crippen molar-refractivity contribution < 1.29 is 4.74 Å². The molecule has 2 heterocycles. The van der Waals surface area contributed by atoms with Crippen LogP contribution in [0.5, 0.6) is 0 Å². The highest BCUT2D eigenvalue weighted by Gasteiger charge is 2.13. The van der Waals surface area contributed by atoms with Gasteiger partial charge in [-0.1, -0.05) is 35.9 Å². The molecule has 1 aliphatic rings. The maximum absolute atomic E-state index is 11.8. The molecule has 0 bridgehead atoms. The lowest BCUT2D eigenvalue weighted by molar-refractivity contribution is 0.0341. The van der Waals surface area contributed by atoms with E-state index in [-0.39, 0.29) is 5.56 Å². The van der Waals surface area contributed by atoms with E-state index in [1.807, 2.05) is 12.1 Å². The van der Waals surface area contributed by atoms with Gasteiger partial charge in [-0.3, -0.25) is 9.69 Å². The minimum Gasteiger partial charge on any atom is -0.381 e. The van der Waals surface area contributed by atoms with E-state index in [1.54, 1.807) is 6.07 Å². The number of aromatic amines is 1. The molecule has 1 aromatic heterocycles. The molecule has 1 fully saturated rings. The van der Waals surface area contributed by atoms with E-state index in [1.165, 1.54) is 11.1 Å². The van der Waals surface area contributed by atoms with Gasteiger partial charge in [-0.15, -0.1) is 0 Å². The number of ether oxygens (including phenoxy) is 1. The Morgan fingerprint density at radius 1 is 1.11 bits per heavy atom. The number of anilines is 1. The first-order valence-electron chi connectivity index (χ1n) is 8.99. The first kappa shape index (κ1) is 18.0.